The maximum atomic E-state index is 13.2. The number of furan rings is 1. The number of aromatic nitrogens is 2. The number of fused-ring (bicyclic) bond motifs is 1. The molecular formula is C19H17F3N4O. The van der Waals surface area contributed by atoms with Crippen molar-refractivity contribution in [1.82, 2.24) is 14.9 Å². The molecule has 1 aromatic carbocycles. The van der Waals surface area contributed by atoms with Gasteiger partial charge in [0.05, 0.1) is 17.8 Å². The Morgan fingerprint density at radius 2 is 1.96 bits per heavy atom. The quantitative estimate of drug-likeness (QED) is 0.753. The first-order valence-electron chi connectivity index (χ1n) is 8.48. The van der Waals surface area contributed by atoms with E-state index in [1.807, 2.05) is 0 Å². The van der Waals surface area contributed by atoms with Gasteiger partial charge in [0.25, 0.3) is 0 Å². The van der Waals surface area contributed by atoms with E-state index >= 15 is 0 Å². The third kappa shape index (κ3) is 3.66. The molecule has 3 aromatic rings. The summed E-state index contributed by atoms with van der Waals surface area (Å²) in [7, 11) is 0. The van der Waals surface area contributed by atoms with E-state index in [9.17, 15) is 13.2 Å². The first-order chi connectivity index (χ1) is 12.9. The fourth-order valence-electron chi connectivity index (χ4n) is 3.30. The molecule has 0 aliphatic carbocycles. The van der Waals surface area contributed by atoms with Crippen molar-refractivity contribution in [3.05, 3.63) is 65.2 Å². The molecule has 2 aromatic heterocycles. The zero-order valence-corrected chi connectivity index (χ0v) is 14.3. The van der Waals surface area contributed by atoms with E-state index in [2.05, 4.69) is 14.9 Å². The highest BCUT2D eigenvalue weighted by Gasteiger charge is 2.34. The number of benzene rings is 1. The Morgan fingerprint density at radius 3 is 2.78 bits per heavy atom. The minimum atomic E-state index is -4.43. The number of nitrogen functional groups attached to an aromatic ring is 1. The van der Waals surface area contributed by atoms with Crippen LogP contribution in [0.1, 0.15) is 22.6 Å². The van der Waals surface area contributed by atoms with Gasteiger partial charge in [-0.2, -0.15) is 13.2 Å². The Morgan fingerprint density at radius 1 is 1.15 bits per heavy atom. The van der Waals surface area contributed by atoms with Gasteiger partial charge in [0.2, 0.25) is 5.95 Å². The Balaban J connectivity index is 1.52. The average molecular weight is 374 g/mol. The summed E-state index contributed by atoms with van der Waals surface area (Å²) in [6, 6.07) is 8.73. The molecule has 1 aliphatic heterocycles. The highest BCUT2D eigenvalue weighted by Crippen LogP contribution is 2.37. The lowest BCUT2D eigenvalue weighted by Crippen LogP contribution is -2.30. The largest absolute Gasteiger partial charge is 0.460 e. The molecule has 0 saturated carbocycles. The molecule has 0 saturated heterocycles. The lowest BCUT2D eigenvalue weighted by Gasteiger charge is -2.26. The van der Waals surface area contributed by atoms with E-state index < -0.39 is 11.7 Å². The van der Waals surface area contributed by atoms with Gasteiger partial charge in [-0.1, -0.05) is 18.2 Å². The van der Waals surface area contributed by atoms with Crippen LogP contribution in [0.25, 0.3) is 11.3 Å². The summed E-state index contributed by atoms with van der Waals surface area (Å²) in [5, 5.41) is 0. The number of alkyl halides is 3. The van der Waals surface area contributed by atoms with Crippen molar-refractivity contribution < 1.29 is 17.6 Å². The van der Waals surface area contributed by atoms with E-state index in [4.69, 9.17) is 10.2 Å². The molecule has 0 unspecified atom stereocenters. The number of anilines is 1. The van der Waals surface area contributed by atoms with Gasteiger partial charge in [0.15, 0.2) is 0 Å². The maximum Gasteiger partial charge on any atom is 0.417 e. The minimum absolute atomic E-state index is 0.0455. The molecule has 0 bridgehead atoms. The van der Waals surface area contributed by atoms with Crippen LogP contribution < -0.4 is 5.73 Å². The number of halogens is 3. The van der Waals surface area contributed by atoms with Crippen molar-refractivity contribution in [3.8, 4) is 11.3 Å². The van der Waals surface area contributed by atoms with Gasteiger partial charge < -0.3 is 10.2 Å². The Labute approximate surface area is 153 Å². The Hall–Kier alpha value is -2.87. The molecule has 1 aliphatic rings. The first kappa shape index (κ1) is 17.5. The van der Waals surface area contributed by atoms with Gasteiger partial charge in [-0.25, -0.2) is 9.97 Å². The van der Waals surface area contributed by atoms with Crippen molar-refractivity contribution in [3.63, 3.8) is 0 Å². The van der Waals surface area contributed by atoms with Crippen LogP contribution in [0.3, 0.4) is 0 Å². The second-order valence-electron chi connectivity index (χ2n) is 6.47. The Bertz CT molecular complexity index is 968. The van der Waals surface area contributed by atoms with Crippen molar-refractivity contribution in [2.24, 2.45) is 0 Å². The van der Waals surface area contributed by atoms with E-state index in [0.29, 0.717) is 18.8 Å². The monoisotopic (exact) mass is 374 g/mol. The van der Waals surface area contributed by atoms with E-state index in [1.165, 1.54) is 12.1 Å². The molecule has 2 N–H and O–H groups in total. The Kier molecular flexibility index (Phi) is 4.35. The highest BCUT2D eigenvalue weighted by molar-refractivity contribution is 5.63. The third-order valence-corrected chi connectivity index (χ3v) is 4.57. The summed E-state index contributed by atoms with van der Waals surface area (Å²) in [6.07, 6.45) is -1.97. The topological polar surface area (TPSA) is 68.2 Å². The number of rotatable bonds is 3. The minimum Gasteiger partial charge on any atom is -0.460 e. The fourth-order valence-corrected chi connectivity index (χ4v) is 3.30. The second-order valence-corrected chi connectivity index (χ2v) is 6.47. The molecule has 0 spiro atoms. The number of hydrogen-bond acceptors (Lipinski definition) is 5. The van der Waals surface area contributed by atoms with Crippen LogP contribution in [0.2, 0.25) is 0 Å². The van der Waals surface area contributed by atoms with Crippen molar-refractivity contribution in [1.29, 1.82) is 0 Å². The molecule has 0 amide bonds. The predicted octanol–water partition coefficient (Wildman–Crippen LogP) is 3.90. The second kappa shape index (κ2) is 6.70. The molecule has 27 heavy (non-hydrogen) atoms. The molecule has 0 fully saturated rings. The molecular weight excluding hydrogens is 357 g/mol. The average Bonchev–Trinajstić information content (AvgIpc) is 3.09. The third-order valence-electron chi connectivity index (χ3n) is 4.57. The van der Waals surface area contributed by atoms with Crippen molar-refractivity contribution in [2.45, 2.75) is 25.7 Å². The van der Waals surface area contributed by atoms with E-state index in [1.54, 1.807) is 24.4 Å². The number of nitrogens with two attached hydrogens (primary N) is 1. The normalized spacial score (nSPS) is 14.9. The smallest absolute Gasteiger partial charge is 0.417 e. The number of hydrogen-bond donors (Lipinski definition) is 1. The van der Waals surface area contributed by atoms with Gasteiger partial charge >= 0.3 is 6.18 Å². The summed E-state index contributed by atoms with van der Waals surface area (Å²) in [5.74, 6) is 1.09. The number of nitrogens with zero attached hydrogens (tertiary/aromatic N) is 3. The predicted molar refractivity (Wildman–Crippen MR) is 93.4 cm³/mol. The van der Waals surface area contributed by atoms with Crippen LogP contribution in [-0.2, 0) is 25.7 Å². The van der Waals surface area contributed by atoms with E-state index in [0.717, 1.165) is 30.3 Å². The fraction of sp³-hybridized carbons (Fsp3) is 0.263. The van der Waals surface area contributed by atoms with Crippen molar-refractivity contribution >= 4 is 5.95 Å². The van der Waals surface area contributed by atoms with E-state index in [-0.39, 0.29) is 17.3 Å². The molecule has 4 rings (SSSR count). The van der Waals surface area contributed by atoms with Gasteiger partial charge in [0.1, 0.15) is 11.5 Å². The first-order valence-corrected chi connectivity index (χ1v) is 8.48. The lowest BCUT2D eigenvalue weighted by molar-refractivity contribution is -0.137. The summed E-state index contributed by atoms with van der Waals surface area (Å²) in [5.41, 5.74) is 6.90. The summed E-state index contributed by atoms with van der Waals surface area (Å²) in [6.45, 7) is 1.90. The standard InChI is InChI=1S/C19H17F3N4O/c20-19(21,22)15-4-2-1-3-14(15)17-6-5-13(27-17)11-26-8-7-16-12(10-26)9-24-18(23)25-16/h1-6,9H,7-8,10-11H2,(H2,23,24,25). The molecule has 3 heterocycles. The van der Waals surface area contributed by atoms with Crippen molar-refractivity contribution in [2.75, 3.05) is 12.3 Å². The van der Waals surface area contributed by atoms with Gasteiger partial charge in [-0.05, 0) is 18.2 Å². The van der Waals surface area contributed by atoms with Crippen LogP contribution in [0.4, 0.5) is 19.1 Å². The van der Waals surface area contributed by atoms with Crippen LogP contribution >= 0.6 is 0 Å². The van der Waals surface area contributed by atoms with Crippen LogP contribution in [0, 0.1) is 0 Å². The van der Waals surface area contributed by atoms with Crippen LogP contribution in [-0.4, -0.2) is 21.4 Å². The zero-order valence-electron chi connectivity index (χ0n) is 14.3. The highest BCUT2D eigenvalue weighted by atomic mass is 19.4. The SMILES string of the molecule is Nc1ncc2c(n1)CCN(Cc1ccc(-c3ccccc3C(F)(F)F)o1)C2. The van der Waals surface area contributed by atoms with Crippen LogP contribution in [0.15, 0.2) is 47.0 Å². The van der Waals surface area contributed by atoms with Gasteiger partial charge in [0, 0.05) is 36.8 Å². The maximum absolute atomic E-state index is 13.2. The molecule has 5 nitrogen and oxygen atoms in total. The summed E-state index contributed by atoms with van der Waals surface area (Å²) >= 11 is 0. The summed E-state index contributed by atoms with van der Waals surface area (Å²) < 4.78 is 45.4. The lowest BCUT2D eigenvalue weighted by atomic mass is 10.1. The summed E-state index contributed by atoms with van der Waals surface area (Å²) in [4.78, 5) is 10.4. The molecule has 140 valence electrons. The molecule has 8 heteroatoms. The van der Waals surface area contributed by atoms with Crippen LogP contribution in [0.5, 0.6) is 0 Å². The van der Waals surface area contributed by atoms with Gasteiger partial charge in [-0.15, -0.1) is 0 Å². The molecule has 0 radical (unpaired) electrons. The zero-order chi connectivity index (χ0) is 19.0. The molecule has 0 atom stereocenters. The van der Waals surface area contributed by atoms with Gasteiger partial charge in [-0.3, -0.25) is 4.90 Å².